The van der Waals surface area contributed by atoms with Crippen molar-refractivity contribution < 1.29 is 22.6 Å². The molecular formula is C19H17N3O6S. The van der Waals surface area contributed by atoms with Crippen LogP contribution in [0.25, 0.3) is 0 Å². The van der Waals surface area contributed by atoms with Crippen molar-refractivity contribution in [2.75, 3.05) is 5.32 Å². The number of amides is 1. The summed E-state index contributed by atoms with van der Waals surface area (Å²) in [6.07, 6.45) is 1.44. The molecule has 0 unspecified atom stereocenters. The largest absolute Gasteiger partial charge is 0.468 e. The van der Waals surface area contributed by atoms with E-state index >= 15 is 0 Å². The van der Waals surface area contributed by atoms with E-state index in [9.17, 15) is 23.3 Å². The highest BCUT2D eigenvalue weighted by Crippen LogP contribution is 2.23. The lowest BCUT2D eigenvalue weighted by Gasteiger charge is -2.10. The highest BCUT2D eigenvalue weighted by Gasteiger charge is 2.19. The van der Waals surface area contributed by atoms with E-state index in [0.29, 0.717) is 5.76 Å². The fourth-order valence-electron chi connectivity index (χ4n) is 2.67. The van der Waals surface area contributed by atoms with Crippen LogP contribution in [0.3, 0.4) is 0 Å². The molecule has 0 bridgehead atoms. The second kappa shape index (κ2) is 8.25. The van der Waals surface area contributed by atoms with E-state index in [2.05, 4.69) is 10.0 Å². The van der Waals surface area contributed by atoms with E-state index in [4.69, 9.17) is 4.42 Å². The molecule has 0 aliphatic heterocycles. The number of carbonyl (C=O) groups is 1. The van der Waals surface area contributed by atoms with Gasteiger partial charge in [-0.05, 0) is 43.3 Å². The minimum atomic E-state index is -3.84. The molecule has 150 valence electrons. The summed E-state index contributed by atoms with van der Waals surface area (Å²) >= 11 is 0. The maximum atomic E-state index is 12.5. The molecular weight excluding hydrogens is 398 g/mol. The Kier molecular flexibility index (Phi) is 5.76. The zero-order valence-corrected chi connectivity index (χ0v) is 16.1. The summed E-state index contributed by atoms with van der Waals surface area (Å²) in [6, 6.07) is 13.2. The normalized spacial score (nSPS) is 11.2. The van der Waals surface area contributed by atoms with Crippen molar-refractivity contribution in [3.63, 3.8) is 0 Å². The lowest BCUT2D eigenvalue weighted by molar-refractivity contribution is -0.385. The molecule has 0 aliphatic carbocycles. The summed E-state index contributed by atoms with van der Waals surface area (Å²) in [6.45, 7) is 1.46. The van der Waals surface area contributed by atoms with Gasteiger partial charge in [-0.25, -0.2) is 13.1 Å². The van der Waals surface area contributed by atoms with E-state index < -0.39 is 20.9 Å². The third kappa shape index (κ3) is 4.68. The molecule has 1 aromatic heterocycles. The van der Waals surface area contributed by atoms with Crippen molar-refractivity contribution in [3.05, 3.63) is 87.9 Å². The molecule has 0 spiro atoms. The molecule has 1 amide bonds. The molecule has 2 aromatic carbocycles. The van der Waals surface area contributed by atoms with Crippen molar-refractivity contribution in [1.82, 2.24) is 4.72 Å². The number of furan rings is 1. The van der Waals surface area contributed by atoms with Gasteiger partial charge in [-0.3, -0.25) is 14.9 Å². The number of anilines is 1. The van der Waals surface area contributed by atoms with Crippen molar-refractivity contribution in [2.24, 2.45) is 0 Å². The van der Waals surface area contributed by atoms with Crippen LogP contribution < -0.4 is 10.0 Å². The van der Waals surface area contributed by atoms with Crippen molar-refractivity contribution >= 4 is 27.3 Å². The SMILES string of the molecule is Cc1c(C(=O)Nc2cccc(S(=O)(=O)NCc3ccco3)c2)cccc1[N+](=O)[O-]. The molecule has 3 aromatic rings. The van der Waals surface area contributed by atoms with Crippen LogP contribution >= 0.6 is 0 Å². The molecule has 0 radical (unpaired) electrons. The first-order valence-corrected chi connectivity index (χ1v) is 9.94. The van der Waals surface area contributed by atoms with Crippen LogP contribution in [0.1, 0.15) is 21.7 Å². The van der Waals surface area contributed by atoms with Crippen molar-refractivity contribution in [1.29, 1.82) is 0 Å². The molecule has 0 saturated carbocycles. The number of nitrogens with zero attached hydrogens (tertiary/aromatic N) is 1. The number of carbonyl (C=O) groups excluding carboxylic acids is 1. The van der Waals surface area contributed by atoms with Crippen LogP contribution in [0.5, 0.6) is 0 Å². The van der Waals surface area contributed by atoms with Crippen LogP contribution in [0.2, 0.25) is 0 Å². The van der Waals surface area contributed by atoms with Gasteiger partial charge in [-0.1, -0.05) is 12.1 Å². The van der Waals surface area contributed by atoms with Crippen molar-refractivity contribution in [2.45, 2.75) is 18.4 Å². The van der Waals surface area contributed by atoms with Gasteiger partial charge in [0.2, 0.25) is 10.0 Å². The number of nitrogens with one attached hydrogen (secondary N) is 2. The van der Waals surface area contributed by atoms with E-state index in [1.54, 1.807) is 12.1 Å². The maximum absolute atomic E-state index is 12.5. The Morgan fingerprint density at radius 2 is 1.90 bits per heavy atom. The minimum absolute atomic E-state index is 0.0151. The number of rotatable bonds is 7. The first kappa shape index (κ1) is 20.2. The summed E-state index contributed by atoms with van der Waals surface area (Å²) in [7, 11) is -3.84. The first-order valence-electron chi connectivity index (χ1n) is 8.45. The molecule has 29 heavy (non-hydrogen) atoms. The van der Waals surface area contributed by atoms with Gasteiger partial charge in [0.15, 0.2) is 0 Å². The quantitative estimate of drug-likeness (QED) is 0.450. The molecule has 1 heterocycles. The van der Waals surface area contributed by atoms with Gasteiger partial charge >= 0.3 is 0 Å². The summed E-state index contributed by atoms with van der Waals surface area (Å²) in [5.74, 6) is -0.122. The summed E-state index contributed by atoms with van der Waals surface area (Å²) in [5.41, 5.74) is 0.417. The zero-order chi connectivity index (χ0) is 21.0. The summed E-state index contributed by atoms with van der Waals surface area (Å²) in [4.78, 5) is 23.0. The number of sulfonamides is 1. The van der Waals surface area contributed by atoms with E-state index in [-0.39, 0.29) is 33.9 Å². The number of benzene rings is 2. The first-order chi connectivity index (χ1) is 13.8. The fourth-order valence-corrected chi connectivity index (χ4v) is 3.71. The highest BCUT2D eigenvalue weighted by atomic mass is 32.2. The second-order valence-corrected chi connectivity index (χ2v) is 7.86. The molecule has 0 aliphatic rings. The Morgan fingerprint density at radius 1 is 1.14 bits per heavy atom. The Labute approximate surface area is 166 Å². The Hall–Kier alpha value is -3.50. The monoisotopic (exact) mass is 415 g/mol. The number of nitro groups is 1. The van der Waals surface area contributed by atoms with Gasteiger partial charge in [0.25, 0.3) is 11.6 Å². The Morgan fingerprint density at radius 3 is 2.59 bits per heavy atom. The van der Waals surface area contributed by atoms with Gasteiger partial charge in [0.05, 0.1) is 22.6 Å². The van der Waals surface area contributed by atoms with Crippen molar-refractivity contribution in [3.8, 4) is 0 Å². The molecule has 9 nitrogen and oxygen atoms in total. The smallest absolute Gasteiger partial charge is 0.273 e. The lowest BCUT2D eigenvalue weighted by atomic mass is 10.1. The number of hydrogen-bond acceptors (Lipinski definition) is 6. The molecule has 0 fully saturated rings. The maximum Gasteiger partial charge on any atom is 0.273 e. The standard InChI is InChI=1S/C19H17N3O6S/c1-13-17(8-3-9-18(13)22(24)25)19(23)21-14-5-2-7-16(11-14)29(26,27)20-12-15-6-4-10-28-15/h2-11,20H,12H2,1H3,(H,21,23). The topological polar surface area (TPSA) is 132 Å². The minimum Gasteiger partial charge on any atom is -0.468 e. The summed E-state index contributed by atoms with van der Waals surface area (Å²) in [5, 5.41) is 13.6. The Bertz CT molecular complexity index is 1160. The van der Waals surface area contributed by atoms with Crippen LogP contribution in [-0.2, 0) is 16.6 Å². The number of nitro benzene ring substituents is 1. The fraction of sp³-hybridized carbons (Fsp3) is 0.105. The van der Waals surface area contributed by atoms with Crippen LogP contribution in [0.4, 0.5) is 11.4 Å². The molecule has 2 N–H and O–H groups in total. The summed E-state index contributed by atoms with van der Waals surface area (Å²) < 4.78 is 32.4. The predicted octanol–water partition coefficient (Wildman–Crippen LogP) is 3.23. The van der Waals surface area contributed by atoms with Gasteiger partial charge in [0, 0.05) is 22.9 Å². The molecule has 0 atom stereocenters. The second-order valence-electron chi connectivity index (χ2n) is 6.09. The Balaban J connectivity index is 1.78. The van der Waals surface area contributed by atoms with E-state index in [0.717, 1.165) is 0 Å². The van der Waals surface area contributed by atoms with Gasteiger partial charge < -0.3 is 9.73 Å². The van der Waals surface area contributed by atoms with E-state index in [1.165, 1.54) is 55.7 Å². The average Bonchev–Trinajstić information content (AvgIpc) is 3.20. The van der Waals surface area contributed by atoms with Gasteiger partial charge in [0.1, 0.15) is 5.76 Å². The van der Waals surface area contributed by atoms with Crippen LogP contribution in [0.15, 0.2) is 70.2 Å². The van der Waals surface area contributed by atoms with E-state index in [1.807, 2.05) is 0 Å². The predicted molar refractivity (Wildman–Crippen MR) is 105 cm³/mol. The van der Waals surface area contributed by atoms with Crippen LogP contribution in [0, 0.1) is 17.0 Å². The third-order valence-corrected chi connectivity index (χ3v) is 5.56. The zero-order valence-electron chi connectivity index (χ0n) is 15.3. The average molecular weight is 415 g/mol. The molecule has 3 rings (SSSR count). The van der Waals surface area contributed by atoms with Gasteiger partial charge in [-0.2, -0.15) is 0 Å². The molecule has 10 heteroatoms. The highest BCUT2D eigenvalue weighted by molar-refractivity contribution is 7.89. The lowest BCUT2D eigenvalue weighted by Crippen LogP contribution is -2.23. The van der Waals surface area contributed by atoms with Crippen LogP contribution in [-0.4, -0.2) is 19.2 Å². The number of hydrogen-bond donors (Lipinski definition) is 2. The van der Waals surface area contributed by atoms with Gasteiger partial charge in [-0.15, -0.1) is 0 Å². The molecule has 0 saturated heterocycles. The third-order valence-electron chi connectivity index (χ3n) is 4.17.